The molecule has 0 aliphatic heterocycles. The molecular weight excluding hydrogens is 418 g/mol. The van der Waals surface area contributed by atoms with E-state index in [-0.39, 0.29) is 17.8 Å². The maximum Gasteiger partial charge on any atom is 0.190 e. The van der Waals surface area contributed by atoms with Gasteiger partial charge in [-0.3, -0.25) is 0 Å². The average Bonchev–Trinajstić information content (AvgIpc) is 2.83. The van der Waals surface area contributed by atoms with E-state index in [0.29, 0.717) is 6.61 Å². The topological polar surface area (TPSA) is 29.5 Å². The molecule has 33 heavy (non-hydrogen) atoms. The van der Waals surface area contributed by atoms with Crippen molar-refractivity contribution in [3.8, 4) is 5.75 Å². The number of hydrogen-bond acceptors (Lipinski definition) is 2. The van der Waals surface area contributed by atoms with Gasteiger partial charge in [0.05, 0.1) is 6.61 Å². The number of aliphatic hydroxyl groups excluding tert-OH is 1. The fraction of sp³-hybridized carbons (Fsp3) is 0.793. The first-order chi connectivity index (χ1) is 16.1. The lowest BCUT2D eigenvalue weighted by atomic mass is 9.61. The molecular formula is C29H46F2O2. The Bertz CT molecular complexity index is 668. The van der Waals surface area contributed by atoms with Gasteiger partial charge in [-0.25, -0.2) is 8.78 Å². The van der Waals surface area contributed by atoms with E-state index in [0.717, 1.165) is 75.2 Å². The summed E-state index contributed by atoms with van der Waals surface area (Å²) in [5.41, 5.74) is 0.760. The van der Waals surface area contributed by atoms with Crippen molar-refractivity contribution in [1.29, 1.82) is 0 Å². The highest BCUT2D eigenvalue weighted by molar-refractivity contribution is 5.36. The Morgan fingerprint density at radius 2 is 1.48 bits per heavy atom. The molecule has 188 valence electrons. The van der Waals surface area contributed by atoms with E-state index in [1.54, 1.807) is 12.1 Å². The maximum atomic E-state index is 15.0. The van der Waals surface area contributed by atoms with Gasteiger partial charge >= 0.3 is 0 Å². The van der Waals surface area contributed by atoms with Crippen LogP contribution in [0.2, 0.25) is 0 Å². The number of rotatable bonds is 13. The van der Waals surface area contributed by atoms with Crippen LogP contribution < -0.4 is 4.74 Å². The smallest absolute Gasteiger partial charge is 0.190 e. The van der Waals surface area contributed by atoms with Crippen molar-refractivity contribution in [1.82, 2.24) is 0 Å². The van der Waals surface area contributed by atoms with Crippen molar-refractivity contribution in [2.75, 3.05) is 13.2 Å². The zero-order chi connectivity index (χ0) is 23.5. The number of benzene rings is 1. The molecule has 0 unspecified atom stereocenters. The first-order valence-corrected chi connectivity index (χ1v) is 13.8. The van der Waals surface area contributed by atoms with Crippen molar-refractivity contribution < 1.29 is 18.6 Å². The Hall–Kier alpha value is -1.16. The highest BCUT2D eigenvalue weighted by Crippen LogP contribution is 2.49. The van der Waals surface area contributed by atoms with Crippen LogP contribution in [0.4, 0.5) is 8.78 Å². The second-order valence-corrected chi connectivity index (χ2v) is 10.7. The third-order valence-corrected chi connectivity index (χ3v) is 8.47. The average molecular weight is 465 g/mol. The molecule has 0 saturated heterocycles. The van der Waals surface area contributed by atoms with Gasteiger partial charge < -0.3 is 9.84 Å². The van der Waals surface area contributed by atoms with Gasteiger partial charge in [-0.15, -0.1) is 0 Å². The largest absolute Gasteiger partial charge is 0.488 e. The fourth-order valence-corrected chi connectivity index (χ4v) is 6.41. The second kappa shape index (κ2) is 13.7. The molecule has 2 aliphatic rings. The molecule has 1 N–H and O–H groups in total. The van der Waals surface area contributed by atoms with Gasteiger partial charge in [0, 0.05) is 6.61 Å². The van der Waals surface area contributed by atoms with E-state index >= 15 is 8.78 Å². The molecule has 0 spiro atoms. The van der Waals surface area contributed by atoms with Gasteiger partial charge in [0.25, 0.3) is 0 Å². The summed E-state index contributed by atoms with van der Waals surface area (Å²) in [6.07, 6.45) is 19.2. The van der Waals surface area contributed by atoms with E-state index in [2.05, 4.69) is 6.92 Å². The third kappa shape index (κ3) is 7.41. The number of halogens is 2. The minimum absolute atomic E-state index is 0.0924. The Kier molecular flexibility index (Phi) is 10.9. The van der Waals surface area contributed by atoms with Crippen molar-refractivity contribution in [2.45, 2.75) is 121 Å². The first-order valence-electron chi connectivity index (χ1n) is 13.8. The SMILES string of the molecule is CCCCCC1(c2cc(F)c(OCCCCCCO)c(F)c2)CCC(C2CCCCC2)CC1. The van der Waals surface area contributed by atoms with Crippen molar-refractivity contribution in [3.05, 3.63) is 29.3 Å². The van der Waals surface area contributed by atoms with Crippen LogP contribution >= 0.6 is 0 Å². The number of unbranched alkanes of at least 4 members (excludes halogenated alkanes) is 5. The summed E-state index contributed by atoms with van der Waals surface area (Å²) >= 11 is 0. The van der Waals surface area contributed by atoms with E-state index in [1.807, 2.05) is 0 Å². The van der Waals surface area contributed by atoms with Gasteiger partial charge in [0.1, 0.15) is 0 Å². The lowest BCUT2D eigenvalue weighted by Gasteiger charge is -2.44. The molecule has 2 aliphatic carbocycles. The number of aliphatic hydroxyl groups is 1. The second-order valence-electron chi connectivity index (χ2n) is 10.7. The Morgan fingerprint density at radius 3 is 2.12 bits per heavy atom. The summed E-state index contributed by atoms with van der Waals surface area (Å²) in [6.45, 7) is 2.71. The summed E-state index contributed by atoms with van der Waals surface area (Å²) in [6, 6.07) is 3.16. The summed E-state index contributed by atoms with van der Waals surface area (Å²) in [7, 11) is 0. The van der Waals surface area contributed by atoms with Gasteiger partial charge in [0.2, 0.25) is 0 Å². The van der Waals surface area contributed by atoms with Crippen LogP contribution in [-0.2, 0) is 5.41 Å². The quantitative estimate of drug-likeness (QED) is 0.297. The number of ether oxygens (including phenoxy) is 1. The Morgan fingerprint density at radius 1 is 0.848 bits per heavy atom. The van der Waals surface area contributed by atoms with Crippen LogP contribution in [0.1, 0.15) is 122 Å². The molecule has 1 aromatic rings. The third-order valence-electron chi connectivity index (χ3n) is 8.47. The van der Waals surface area contributed by atoms with Crippen LogP contribution in [0, 0.1) is 23.5 Å². The molecule has 0 radical (unpaired) electrons. The Labute approximate surface area is 200 Å². The lowest BCUT2D eigenvalue weighted by Crippen LogP contribution is -2.34. The van der Waals surface area contributed by atoms with Crippen LogP contribution in [0.25, 0.3) is 0 Å². The predicted molar refractivity (Wildman–Crippen MR) is 132 cm³/mol. The molecule has 2 saturated carbocycles. The summed E-state index contributed by atoms with van der Waals surface area (Å²) in [4.78, 5) is 0. The van der Waals surface area contributed by atoms with Crippen molar-refractivity contribution in [3.63, 3.8) is 0 Å². The normalized spacial score (nSPS) is 24.2. The zero-order valence-corrected chi connectivity index (χ0v) is 20.9. The van der Waals surface area contributed by atoms with Crippen molar-refractivity contribution >= 4 is 0 Å². The van der Waals surface area contributed by atoms with Crippen LogP contribution in [0.5, 0.6) is 5.75 Å². The molecule has 4 heteroatoms. The predicted octanol–water partition coefficient (Wildman–Crippen LogP) is 8.48. The highest BCUT2D eigenvalue weighted by atomic mass is 19.1. The fourth-order valence-electron chi connectivity index (χ4n) is 6.41. The molecule has 1 aromatic carbocycles. The standard InChI is InChI=1S/C29H46F2O2/c1-2-3-9-16-29(17-14-24(15-18-29)23-12-7-6-8-13-23)25-21-26(30)28(27(31)22-25)33-20-11-5-4-10-19-32/h21-24,32H,2-20H2,1H3. The van der Waals surface area contributed by atoms with E-state index in [1.165, 1.54) is 51.4 Å². The monoisotopic (exact) mass is 464 g/mol. The first kappa shape index (κ1) is 26.4. The molecule has 0 atom stereocenters. The molecule has 3 rings (SSSR count). The summed E-state index contributed by atoms with van der Waals surface area (Å²) < 4.78 is 35.6. The van der Waals surface area contributed by atoms with Gasteiger partial charge in [-0.05, 0) is 86.3 Å². The van der Waals surface area contributed by atoms with E-state index < -0.39 is 11.6 Å². The van der Waals surface area contributed by atoms with Gasteiger partial charge in [-0.1, -0.05) is 64.7 Å². The van der Waals surface area contributed by atoms with E-state index in [4.69, 9.17) is 9.84 Å². The van der Waals surface area contributed by atoms with Crippen LogP contribution in [0.3, 0.4) is 0 Å². The van der Waals surface area contributed by atoms with Crippen LogP contribution in [0.15, 0.2) is 12.1 Å². The van der Waals surface area contributed by atoms with E-state index in [9.17, 15) is 0 Å². The van der Waals surface area contributed by atoms with Crippen molar-refractivity contribution in [2.24, 2.45) is 11.8 Å². The summed E-state index contributed by atoms with van der Waals surface area (Å²) in [5, 5.41) is 8.85. The highest BCUT2D eigenvalue weighted by Gasteiger charge is 2.39. The Balaban J connectivity index is 1.67. The maximum absolute atomic E-state index is 15.0. The lowest BCUT2D eigenvalue weighted by molar-refractivity contribution is 0.140. The van der Waals surface area contributed by atoms with Gasteiger partial charge in [0.15, 0.2) is 17.4 Å². The minimum Gasteiger partial charge on any atom is -0.488 e. The molecule has 2 nitrogen and oxygen atoms in total. The molecule has 0 heterocycles. The molecule has 0 amide bonds. The molecule has 0 bridgehead atoms. The minimum atomic E-state index is -0.551. The number of hydrogen-bond donors (Lipinski definition) is 1. The summed E-state index contributed by atoms with van der Waals surface area (Å²) in [5.74, 6) is 0.344. The molecule has 0 aromatic heterocycles. The zero-order valence-electron chi connectivity index (χ0n) is 20.9. The van der Waals surface area contributed by atoms with Crippen LogP contribution in [-0.4, -0.2) is 18.3 Å². The molecule has 2 fully saturated rings. The van der Waals surface area contributed by atoms with Gasteiger partial charge in [-0.2, -0.15) is 0 Å².